The molecule has 20 heavy (non-hydrogen) atoms. The highest BCUT2D eigenvalue weighted by Gasteiger charge is 2.30. The highest BCUT2D eigenvalue weighted by atomic mass is 14.3. The van der Waals surface area contributed by atoms with Crippen molar-refractivity contribution in [2.45, 2.75) is 90.4 Å². The average molecular weight is 274 g/mol. The molecule has 114 valence electrons. The average Bonchev–Trinajstić information content (AvgIpc) is 2.52. The fourth-order valence-electron chi connectivity index (χ4n) is 4.57. The van der Waals surface area contributed by atoms with E-state index in [2.05, 4.69) is 12.8 Å². The van der Waals surface area contributed by atoms with E-state index in [9.17, 15) is 0 Å². The standard InChI is InChI=1S/C20H34/c1-3-5-6-7-8-18-11-15-20(16-12-18)19-13-9-17(4-2)10-14-19/h2,17-20H,3,5-16H2,1H3/t17?,18-,19?,20-. The molecule has 0 heterocycles. The molecule has 2 rings (SSSR count). The number of unbranched alkanes of at least 4 members (excludes halogenated alkanes) is 3. The van der Waals surface area contributed by atoms with Crippen LogP contribution in [-0.2, 0) is 0 Å². The van der Waals surface area contributed by atoms with Gasteiger partial charge in [0.25, 0.3) is 0 Å². The predicted molar refractivity (Wildman–Crippen MR) is 88.5 cm³/mol. The van der Waals surface area contributed by atoms with Crippen molar-refractivity contribution >= 4 is 0 Å². The van der Waals surface area contributed by atoms with Gasteiger partial charge >= 0.3 is 0 Å². The fourth-order valence-corrected chi connectivity index (χ4v) is 4.57. The van der Waals surface area contributed by atoms with Crippen LogP contribution in [0.2, 0.25) is 0 Å². The Balaban J connectivity index is 1.61. The summed E-state index contributed by atoms with van der Waals surface area (Å²) in [5.74, 6) is 6.68. The highest BCUT2D eigenvalue weighted by Crippen LogP contribution is 2.42. The number of rotatable bonds is 6. The van der Waals surface area contributed by atoms with E-state index in [1.54, 1.807) is 0 Å². The van der Waals surface area contributed by atoms with Gasteiger partial charge in [-0.2, -0.15) is 0 Å². The molecule has 0 N–H and O–H groups in total. The van der Waals surface area contributed by atoms with Crippen molar-refractivity contribution in [3.63, 3.8) is 0 Å². The van der Waals surface area contributed by atoms with E-state index in [-0.39, 0.29) is 0 Å². The highest BCUT2D eigenvalue weighted by molar-refractivity contribution is 4.96. The van der Waals surface area contributed by atoms with E-state index < -0.39 is 0 Å². The van der Waals surface area contributed by atoms with Gasteiger partial charge in [0.1, 0.15) is 0 Å². The van der Waals surface area contributed by atoms with Crippen LogP contribution in [0.1, 0.15) is 90.4 Å². The molecule has 0 aromatic heterocycles. The Morgan fingerprint density at radius 1 is 0.800 bits per heavy atom. The zero-order valence-corrected chi connectivity index (χ0v) is 13.6. The molecule has 2 saturated carbocycles. The van der Waals surface area contributed by atoms with E-state index in [0.29, 0.717) is 5.92 Å². The summed E-state index contributed by atoms with van der Waals surface area (Å²) in [4.78, 5) is 0. The van der Waals surface area contributed by atoms with Gasteiger partial charge in [0.15, 0.2) is 0 Å². The first-order chi connectivity index (χ1) is 9.83. The molecule has 0 atom stereocenters. The molecule has 2 aliphatic rings. The van der Waals surface area contributed by atoms with Gasteiger partial charge in [-0.25, -0.2) is 0 Å². The second-order valence-corrected chi connectivity index (χ2v) is 7.41. The van der Waals surface area contributed by atoms with Gasteiger partial charge in [0.2, 0.25) is 0 Å². The van der Waals surface area contributed by atoms with Gasteiger partial charge in [0.05, 0.1) is 0 Å². The minimum atomic E-state index is 0.598. The Morgan fingerprint density at radius 3 is 1.95 bits per heavy atom. The first-order valence-corrected chi connectivity index (χ1v) is 9.29. The quantitative estimate of drug-likeness (QED) is 0.399. The second-order valence-electron chi connectivity index (χ2n) is 7.41. The first-order valence-electron chi connectivity index (χ1n) is 9.29. The molecule has 0 aliphatic heterocycles. The SMILES string of the molecule is C#CC1CCC([C@H]2CC[C@H](CCCCCC)CC2)CC1. The number of terminal acetylenes is 1. The Hall–Kier alpha value is -0.440. The molecule has 0 unspecified atom stereocenters. The molecule has 0 spiro atoms. The lowest BCUT2D eigenvalue weighted by Gasteiger charge is -2.37. The molecule has 0 aromatic carbocycles. The summed E-state index contributed by atoms with van der Waals surface area (Å²) in [6.45, 7) is 2.31. The molecule has 0 nitrogen and oxygen atoms in total. The third-order valence-corrected chi connectivity index (χ3v) is 6.03. The molecular formula is C20H34. The van der Waals surface area contributed by atoms with E-state index >= 15 is 0 Å². The zero-order chi connectivity index (χ0) is 14.2. The lowest BCUT2D eigenvalue weighted by atomic mass is 9.69. The lowest BCUT2D eigenvalue weighted by Crippen LogP contribution is -2.25. The third-order valence-electron chi connectivity index (χ3n) is 6.03. The minimum absolute atomic E-state index is 0.598. The molecule has 0 heteroatoms. The second kappa shape index (κ2) is 8.76. The van der Waals surface area contributed by atoms with Crippen LogP contribution in [0.4, 0.5) is 0 Å². The van der Waals surface area contributed by atoms with Crippen LogP contribution in [-0.4, -0.2) is 0 Å². The van der Waals surface area contributed by atoms with Crippen molar-refractivity contribution in [1.82, 2.24) is 0 Å². The lowest BCUT2D eigenvalue weighted by molar-refractivity contribution is 0.153. The molecule has 2 aliphatic carbocycles. The molecular weight excluding hydrogens is 240 g/mol. The monoisotopic (exact) mass is 274 g/mol. The zero-order valence-electron chi connectivity index (χ0n) is 13.6. The summed E-state index contributed by atoms with van der Waals surface area (Å²) in [6, 6.07) is 0. The Bertz CT molecular complexity index is 282. The van der Waals surface area contributed by atoms with Gasteiger partial charge in [-0.05, 0) is 56.3 Å². The van der Waals surface area contributed by atoms with Crippen LogP contribution < -0.4 is 0 Å². The van der Waals surface area contributed by atoms with Crippen LogP contribution in [0.3, 0.4) is 0 Å². The predicted octanol–water partition coefficient (Wildman–Crippen LogP) is 6.20. The third kappa shape index (κ3) is 4.83. The van der Waals surface area contributed by atoms with Crippen molar-refractivity contribution in [3.05, 3.63) is 0 Å². The van der Waals surface area contributed by atoms with Crippen molar-refractivity contribution in [2.75, 3.05) is 0 Å². The maximum atomic E-state index is 5.56. The van der Waals surface area contributed by atoms with Crippen LogP contribution in [0.25, 0.3) is 0 Å². The summed E-state index contributed by atoms with van der Waals surface area (Å²) < 4.78 is 0. The summed E-state index contributed by atoms with van der Waals surface area (Å²) in [5, 5.41) is 0. The Labute approximate surface area is 127 Å². The molecule has 2 fully saturated rings. The molecule has 0 radical (unpaired) electrons. The summed E-state index contributed by atoms with van der Waals surface area (Å²) in [7, 11) is 0. The molecule has 0 amide bonds. The van der Waals surface area contributed by atoms with Gasteiger partial charge in [-0.15, -0.1) is 12.3 Å². The van der Waals surface area contributed by atoms with Gasteiger partial charge in [-0.3, -0.25) is 0 Å². The van der Waals surface area contributed by atoms with Crippen LogP contribution in [0.15, 0.2) is 0 Å². The van der Waals surface area contributed by atoms with E-state index in [1.165, 1.54) is 83.5 Å². The largest absolute Gasteiger partial charge is 0.120 e. The maximum absolute atomic E-state index is 5.56. The van der Waals surface area contributed by atoms with Gasteiger partial charge in [-0.1, -0.05) is 51.9 Å². The summed E-state index contributed by atoms with van der Waals surface area (Å²) in [5.41, 5.74) is 0. The van der Waals surface area contributed by atoms with Gasteiger partial charge in [0, 0.05) is 5.92 Å². The fraction of sp³-hybridized carbons (Fsp3) is 0.900. The van der Waals surface area contributed by atoms with Crippen LogP contribution >= 0.6 is 0 Å². The molecule has 0 aromatic rings. The van der Waals surface area contributed by atoms with Crippen molar-refractivity contribution in [1.29, 1.82) is 0 Å². The Kier molecular flexibility index (Phi) is 6.98. The topological polar surface area (TPSA) is 0 Å². The minimum Gasteiger partial charge on any atom is -0.120 e. The number of hydrogen-bond donors (Lipinski definition) is 0. The smallest absolute Gasteiger partial charge is 0.0200 e. The first kappa shape index (κ1) is 15.9. The normalized spacial score (nSPS) is 34.6. The van der Waals surface area contributed by atoms with Gasteiger partial charge < -0.3 is 0 Å². The summed E-state index contributed by atoms with van der Waals surface area (Å²) in [6.07, 6.45) is 24.3. The molecule has 0 bridgehead atoms. The van der Waals surface area contributed by atoms with Crippen LogP contribution in [0.5, 0.6) is 0 Å². The van der Waals surface area contributed by atoms with Crippen molar-refractivity contribution in [2.24, 2.45) is 23.7 Å². The number of hydrogen-bond acceptors (Lipinski definition) is 0. The van der Waals surface area contributed by atoms with E-state index in [0.717, 1.165) is 17.8 Å². The van der Waals surface area contributed by atoms with E-state index in [4.69, 9.17) is 6.42 Å². The van der Waals surface area contributed by atoms with E-state index in [1.807, 2.05) is 0 Å². The van der Waals surface area contributed by atoms with Crippen molar-refractivity contribution < 1.29 is 0 Å². The maximum Gasteiger partial charge on any atom is 0.0200 e. The van der Waals surface area contributed by atoms with Crippen LogP contribution in [0, 0.1) is 36.0 Å². The molecule has 0 saturated heterocycles. The Morgan fingerprint density at radius 2 is 1.40 bits per heavy atom. The van der Waals surface area contributed by atoms with Crippen molar-refractivity contribution in [3.8, 4) is 12.3 Å². The summed E-state index contributed by atoms with van der Waals surface area (Å²) >= 11 is 0.